The number of para-hydroxylation sites is 2. The van der Waals surface area contributed by atoms with Gasteiger partial charge in [-0.15, -0.1) is 0 Å². The topological polar surface area (TPSA) is 56.6 Å². The predicted molar refractivity (Wildman–Crippen MR) is 152 cm³/mol. The zero-order valence-electron chi connectivity index (χ0n) is 22.8. The zero-order chi connectivity index (χ0) is 26.6. The lowest BCUT2D eigenvalue weighted by molar-refractivity contribution is -0.117. The molecule has 3 aromatic carbocycles. The number of benzene rings is 3. The van der Waals surface area contributed by atoms with E-state index in [2.05, 4.69) is 61.7 Å². The Hall–Kier alpha value is -3.80. The van der Waals surface area contributed by atoms with E-state index in [4.69, 9.17) is 14.5 Å². The van der Waals surface area contributed by atoms with Gasteiger partial charge in [-0.3, -0.25) is 4.79 Å². The van der Waals surface area contributed by atoms with Gasteiger partial charge in [0.1, 0.15) is 17.3 Å². The Morgan fingerprint density at radius 1 is 1.03 bits per heavy atom. The summed E-state index contributed by atoms with van der Waals surface area (Å²) in [6, 6.07) is 22.4. The van der Waals surface area contributed by atoms with E-state index in [1.165, 1.54) is 11.1 Å². The third-order valence-corrected chi connectivity index (χ3v) is 7.38. The molecule has 1 aliphatic rings. The van der Waals surface area contributed by atoms with E-state index in [-0.39, 0.29) is 11.8 Å². The molecule has 1 fully saturated rings. The number of anilines is 1. The van der Waals surface area contributed by atoms with Crippen molar-refractivity contribution in [3.63, 3.8) is 0 Å². The smallest absolute Gasteiger partial charge is 0.227 e. The molecule has 0 radical (unpaired) electrons. The normalized spacial score (nSPS) is 15.6. The van der Waals surface area contributed by atoms with Gasteiger partial charge in [0.15, 0.2) is 0 Å². The first-order valence-electron chi connectivity index (χ1n) is 13.6. The maximum Gasteiger partial charge on any atom is 0.227 e. The molecule has 198 valence electrons. The van der Waals surface area contributed by atoms with Crippen molar-refractivity contribution in [1.29, 1.82) is 0 Å². The van der Waals surface area contributed by atoms with Crippen LogP contribution in [0, 0.1) is 6.92 Å². The number of amides is 1. The predicted octanol–water partition coefficient (Wildman–Crippen LogP) is 6.86. The fourth-order valence-corrected chi connectivity index (χ4v) is 5.33. The summed E-state index contributed by atoms with van der Waals surface area (Å²) < 4.78 is 13.8. The monoisotopic (exact) mass is 511 g/mol. The molecule has 5 rings (SSSR count). The van der Waals surface area contributed by atoms with Gasteiger partial charge < -0.3 is 18.9 Å². The van der Waals surface area contributed by atoms with Crippen molar-refractivity contribution in [3.8, 4) is 11.5 Å². The minimum Gasteiger partial charge on any atom is -0.497 e. The van der Waals surface area contributed by atoms with E-state index in [1.54, 1.807) is 7.11 Å². The first-order valence-corrected chi connectivity index (χ1v) is 13.6. The minimum absolute atomic E-state index is 0.0501. The van der Waals surface area contributed by atoms with Gasteiger partial charge in [-0.05, 0) is 79.3 Å². The van der Waals surface area contributed by atoms with E-state index in [0.29, 0.717) is 25.5 Å². The maximum atomic E-state index is 13.0. The molecular weight excluding hydrogens is 474 g/mol. The molecule has 1 amide bonds. The number of hydrogen-bond donors (Lipinski definition) is 0. The number of fused-ring (bicyclic) bond motifs is 1. The summed E-state index contributed by atoms with van der Waals surface area (Å²) in [4.78, 5) is 19.9. The Labute approximate surface area is 225 Å². The summed E-state index contributed by atoms with van der Waals surface area (Å²) in [7, 11) is 1.65. The van der Waals surface area contributed by atoms with Crippen LogP contribution in [0.1, 0.15) is 61.9 Å². The summed E-state index contributed by atoms with van der Waals surface area (Å²) in [5.41, 5.74) is 5.48. The molecule has 0 aliphatic carbocycles. The third kappa shape index (κ3) is 5.40. The van der Waals surface area contributed by atoms with Crippen molar-refractivity contribution in [2.45, 2.75) is 58.4 Å². The molecule has 1 saturated heterocycles. The first-order chi connectivity index (χ1) is 18.4. The quantitative estimate of drug-likeness (QED) is 0.218. The number of ether oxygens (including phenoxy) is 2. The van der Waals surface area contributed by atoms with E-state index in [9.17, 15) is 4.79 Å². The number of aromatic nitrogens is 2. The number of unbranched alkanes of at least 4 members (excludes halogenated alkanes) is 1. The summed E-state index contributed by atoms with van der Waals surface area (Å²) in [6.45, 7) is 8.66. The van der Waals surface area contributed by atoms with Gasteiger partial charge in [0.2, 0.25) is 5.91 Å². The van der Waals surface area contributed by atoms with Gasteiger partial charge in [-0.25, -0.2) is 4.98 Å². The van der Waals surface area contributed by atoms with E-state index < -0.39 is 0 Å². The minimum atomic E-state index is 0.0501. The van der Waals surface area contributed by atoms with Gasteiger partial charge in [0, 0.05) is 31.1 Å². The molecule has 6 nitrogen and oxygen atoms in total. The average Bonchev–Trinajstić information content (AvgIpc) is 3.49. The second-order valence-electron chi connectivity index (χ2n) is 10.5. The summed E-state index contributed by atoms with van der Waals surface area (Å²) in [5.74, 6) is 3.39. The van der Waals surface area contributed by atoms with Crippen molar-refractivity contribution in [1.82, 2.24) is 9.55 Å². The fraction of sp³-hybridized carbons (Fsp3) is 0.375. The summed E-state index contributed by atoms with van der Waals surface area (Å²) >= 11 is 0. The molecule has 2 heterocycles. The highest BCUT2D eigenvalue weighted by Gasteiger charge is 2.34. The number of imidazole rings is 1. The fourth-order valence-electron chi connectivity index (χ4n) is 5.33. The highest BCUT2D eigenvalue weighted by molar-refractivity contribution is 5.96. The number of hydrogen-bond acceptors (Lipinski definition) is 4. The van der Waals surface area contributed by atoms with E-state index in [1.807, 2.05) is 35.2 Å². The second-order valence-corrected chi connectivity index (χ2v) is 10.5. The van der Waals surface area contributed by atoms with Crippen LogP contribution in [0.15, 0.2) is 66.7 Å². The van der Waals surface area contributed by atoms with Gasteiger partial charge in [0.25, 0.3) is 0 Å². The molecule has 1 aliphatic heterocycles. The lowest BCUT2D eigenvalue weighted by Gasteiger charge is -2.18. The molecule has 6 heteroatoms. The number of methoxy groups -OCH3 is 1. The van der Waals surface area contributed by atoms with Crippen LogP contribution in [0.3, 0.4) is 0 Å². The lowest BCUT2D eigenvalue weighted by Crippen LogP contribution is -2.24. The SMILES string of the molecule is COc1ccc(N2CC(c3nc4ccccc4n3CCCCOc3cc(C)ccc3C(C)C)CC2=O)cc1. The van der Waals surface area contributed by atoms with Crippen LogP contribution in [-0.2, 0) is 11.3 Å². The van der Waals surface area contributed by atoms with Gasteiger partial charge in [-0.1, -0.05) is 38.1 Å². The van der Waals surface area contributed by atoms with Crippen LogP contribution < -0.4 is 14.4 Å². The number of carbonyl (C=O) groups excluding carboxylic acids is 1. The molecule has 4 aromatic rings. The number of aryl methyl sites for hydroxylation is 2. The number of nitrogens with zero attached hydrogens (tertiary/aromatic N) is 3. The van der Waals surface area contributed by atoms with Crippen LogP contribution in [0.25, 0.3) is 11.0 Å². The van der Waals surface area contributed by atoms with Gasteiger partial charge in [-0.2, -0.15) is 0 Å². The molecule has 1 aromatic heterocycles. The van der Waals surface area contributed by atoms with E-state index >= 15 is 0 Å². The Morgan fingerprint density at radius 3 is 2.58 bits per heavy atom. The average molecular weight is 512 g/mol. The van der Waals surface area contributed by atoms with Crippen LogP contribution in [0.2, 0.25) is 0 Å². The Morgan fingerprint density at radius 2 is 1.82 bits per heavy atom. The van der Waals surface area contributed by atoms with Crippen LogP contribution in [0.5, 0.6) is 11.5 Å². The van der Waals surface area contributed by atoms with Crippen molar-refractivity contribution in [2.75, 3.05) is 25.2 Å². The largest absolute Gasteiger partial charge is 0.497 e. The van der Waals surface area contributed by atoms with Crippen molar-refractivity contribution >= 4 is 22.6 Å². The zero-order valence-corrected chi connectivity index (χ0v) is 22.8. The number of rotatable bonds is 10. The Kier molecular flexibility index (Phi) is 7.68. The van der Waals surface area contributed by atoms with Crippen LogP contribution in [-0.4, -0.2) is 35.7 Å². The molecule has 1 atom stereocenters. The van der Waals surface area contributed by atoms with E-state index in [0.717, 1.165) is 53.4 Å². The van der Waals surface area contributed by atoms with Crippen LogP contribution in [0.4, 0.5) is 5.69 Å². The molecular formula is C32H37N3O3. The molecule has 1 unspecified atom stereocenters. The molecule has 0 N–H and O–H groups in total. The highest BCUT2D eigenvalue weighted by Crippen LogP contribution is 2.34. The van der Waals surface area contributed by atoms with Crippen molar-refractivity contribution < 1.29 is 14.3 Å². The first kappa shape index (κ1) is 25.8. The molecule has 0 bridgehead atoms. The maximum absolute atomic E-state index is 13.0. The second kappa shape index (κ2) is 11.3. The highest BCUT2D eigenvalue weighted by atomic mass is 16.5. The number of carbonyl (C=O) groups is 1. The van der Waals surface area contributed by atoms with Gasteiger partial charge >= 0.3 is 0 Å². The van der Waals surface area contributed by atoms with Crippen LogP contribution >= 0.6 is 0 Å². The molecule has 38 heavy (non-hydrogen) atoms. The van der Waals surface area contributed by atoms with Crippen molar-refractivity contribution in [2.24, 2.45) is 0 Å². The standard InChI is InChI=1S/C32H37N3O3/c1-22(2)27-16-11-23(3)19-30(27)38-18-8-7-17-34-29-10-6-5-9-28(29)33-32(34)24-20-31(36)35(21-24)25-12-14-26(37-4)15-13-25/h5-6,9-16,19,22,24H,7-8,17-18,20-21H2,1-4H3. The summed E-state index contributed by atoms with van der Waals surface area (Å²) in [5, 5.41) is 0. The lowest BCUT2D eigenvalue weighted by atomic mass is 10.0. The Bertz CT molecular complexity index is 1410. The molecule has 0 saturated carbocycles. The third-order valence-electron chi connectivity index (χ3n) is 7.38. The summed E-state index contributed by atoms with van der Waals surface area (Å²) in [6.07, 6.45) is 2.38. The Balaban J connectivity index is 1.28. The van der Waals surface area contributed by atoms with Crippen molar-refractivity contribution in [3.05, 3.63) is 83.7 Å². The molecule has 0 spiro atoms. The van der Waals surface area contributed by atoms with Gasteiger partial charge in [0.05, 0.1) is 24.8 Å².